The minimum atomic E-state index is 0.489. The number of pyridine rings is 1. The SMILES string of the molecule is CN(Cc1cccc(CN)n1)c1ccccc1. The third kappa shape index (κ3) is 3.04. The number of anilines is 1. The molecule has 0 unspecified atom stereocenters. The molecule has 0 atom stereocenters. The van der Waals surface area contributed by atoms with Gasteiger partial charge in [0.15, 0.2) is 0 Å². The van der Waals surface area contributed by atoms with E-state index in [9.17, 15) is 0 Å². The van der Waals surface area contributed by atoms with Crippen LogP contribution in [0.1, 0.15) is 11.4 Å². The Hall–Kier alpha value is -1.87. The van der Waals surface area contributed by atoms with Crippen LogP contribution in [0.15, 0.2) is 48.5 Å². The predicted molar refractivity (Wildman–Crippen MR) is 70.7 cm³/mol. The van der Waals surface area contributed by atoms with E-state index in [1.54, 1.807) is 0 Å². The standard InChI is InChI=1S/C14H17N3/c1-17(14-8-3-2-4-9-14)11-13-7-5-6-12(10-15)16-13/h2-9H,10-11,15H2,1H3. The van der Waals surface area contributed by atoms with Crippen molar-refractivity contribution in [1.29, 1.82) is 0 Å². The minimum Gasteiger partial charge on any atom is -0.369 e. The molecule has 3 heteroatoms. The van der Waals surface area contributed by atoms with Gasteiger partial charge >= 0.3 is 0 Å². The summed E-state index contributed by atoms with van der Waals surface area (Å²) in [7, 11) is 2.06. The summed E-state index contributed by atoms with van der Waals surface area (Å²) in [6.07, 6.45) is 0. The van der Waals surface area contributed by atoms with Gasteiger partial charge in [0.1, 0.15) is 0 Å². The first kappa shape index (κ1) is 11.6. The molecule has 0 amide bonds. The molecule has 0 bridgehead atoms. The number of hydrogen-bond donors (Lipinski definition) is 1. The fraction of sp³-hybridized carbons (Fsp3) is 0.214. The van der Waals surface area contributed by atoms with Crippen molar-refractivity contribution in [3.8, 4) is 0 Å². The van der Waals surface area contributed by atoms with Crippen molar-refractivity contribution >= 4 is 5.69 Å². The molecule has 1 aromatic heterocycles. The van der Waals surface area contributed by atoms with Crippen LogP contribution in [0.5, 0.6) is 0 Å². The minimum absolute atomic E-state index is 0.489. The lowest BCUT2D eigenvalue weighted by atomic mass is 10.2. The summed E-state index contributed by atoms with van der Waals surface area (Å²) in [5.74, 6) is 0. The van der Waals surface area contributed by atoms with Gasteiger partial charge in [-0.05, 0) is 24.3 Å². The van der Waals surface area contributed by atoms with Crippen LogP contribution >= 0.6 is 0 Å². The predicted octanol–water partition coefficient (Wildman–Crippen LogP) is 2.18. The Kier molecular flexibility index (Phi) is 3.73. The third-order valence-electron chi connectivity index (χ3n) is 2.67. The van der Waals surface area contributed by atoms with Crippen LogP contribution < -0.4 is 10.6 Å². The average Bonchev–Trinajstić information content (AvgIpc) is 2.40. The van der Waals surface area contributed by atoms with E-state index in [1.807, 2.05) is 36.4 Å². The molecular formula is C14H17N3. The monoisotopic (exact) mass is 227 g/mol. The highest BCUT2D eigenvalue weighted by molar-refractivity contribution is 5.45. The summed E-state index contributed by atoms with van der Waals surface area (Å²) in [6, 6.07) is 16.3. The molecule has 3 nitrogen and oxygen atoms in total. The second-order valence-electron chi connectivity index (χ2n) is 4.02. The van der Waals surface area contributed by atoms with Crippen LogP contribution in [0.3, 0.4) is 0 Å². The van der Waals surface area contributed by atoms with Crippen LogP contribution in [-0.2, 0) is 13.1 Å². The van der Waals surface area contributed by atoms with Crippen molar-refractivity contribution in [2.75, 3.05) is 11.9 Å². The Morgan fingerprint density at radius 2 is 1.71 bits per heavy atom. The van der Waals surface area contributed by atoms with Gasteiger partial charge in [0.2, 0.25) is 0 Å². The van der Waals surface area contributed by atoms with Crippen molar-refractivity contribution < 1.29 is 0 Å². The van der Waals surface area contributed by atoms with E-state index in [0.29, 0.717) is 6.54 Å². The Morgan fingerprint density at radius 3 is 2.41 bits per heavy atom. The highest BCUT2D eigenvalue weighted by Gasteiger charge is 2.02. The lowest BCUT2D eigenvalue weighted by molar-refractivity contribution is 0.859. The molecule has 17 heavy (non-hydrogen) atoms. The Labute approximate surface area is 102 Å². The Balaban J connectivity index is 2.10. The highest BCUT2D eigenvalue weighted by atomic mass is 15.1. The normalized spacial score (nSPS) is 10.2. The van der Waals surface area contributed by atoms with Crippen molar-refractivity contribution in [1.82, 2.24) is 4.98 Å². The highest BCUT2D eigenvalue weighted by Crippen LogP contribution is 2.13. The number of rotatable bonds is 4. The number of aromatic nitrogens is 1. The molecule has 1 heterocycles. The van der Waals surface area contributed by atoms with Gasteiger partial charge in [-0.2, -0.15) is 0 Å². The van der Waals surface area contributed by atoms with Gasteiger partial charge in [-0.15, -0.1) is 0 Å². The molecule has 2 aromatic rings. The van der Waals surface area contributed by atoms with Gasteiger partial charge in [0.25, 0.3) is 0 Å². The van der Waals surface area contributed by atoms with E-state index >= 15 is 0 Å². The van der Waals surface area contributed by atoms with Crippen LogP contribution in [0.25, 0.3) is 0 Å². The first-order valence-electron chi connectivity index (χ1n) is 5.70. The van der Waals surface area contributed by atoms with E-state index < -0.39 is 0 Å². The van der Waals surface area contributed by atoms with E-state index in [0.717, 1.165) is 17.9 Å². The molecule has 0 radical (unpaired) electrons. The second-order valence-corrected chi connectivity index (χ2v) is 4.02. The number of benzene rings is 1. The number of nitrogens with zero attached hydrogens (tertiary/aromatic N) is 2. The first-order chi connectivity index (χ1) is 8.29. The smallest absolute Gasteiger partial charge is 0.0600 e. The van der Waals surface area contributed by atoms with Gasteiger partial charge < -0.3 is 10.6 Å². The molecule has 1 aromatic carbocycles. The maximum absolute atomic E-state index is 5.58. The number of hydrogen-bond acceptors (Lipinski definition) is 3. The van der Waals surface area contributed by atoms with Crippen molar-refractivity contribution in [2.45, 2.75) is 13.1 Å². The molecular weight excluding hydrogens is 210 g/mol. The third-order valence-corrected chi connectivity index (χ3v) is 2.67. The van der Waals surface area contributed by atoms with Crippen LogP contribution in [0, 0.1) is 0 Å². The van der Waals surface area contributed by atoms with Gasteiger partial charge in [0.05, 0.1) is 17.9 Å². The topological polar surface area (TPSA) is 42.1 Å². The van der Waals surface area contributed by atoms with E-state index in [-0.39, 0.29) is 0 Å². The lowest BCUT2D eigenvalue weighted by Crippen LogP contribution is -2.17. The van der Waals surface area contributed by atoms with E-state index in [2.05, 4.69) is 29.1 Å². The summed E-state index contributed by atoms with van der Waals surface area (Å²) in [6.45, 7) is 1.28. The zero-order chi connectivity index (χ0) is 12.1. The molecule has 0 aliphatic heterocycles. The maximum atomic E-state index is 5.58. The molecule has 2 rings (SSSR count). The summed E-state index contributed by atoms with van der Waals surface area (Å²) >= 11 is 0. The van der Waals surface area contributed by atoms with Gasteiger partial charge in [-0.1, -0.05) is 24.3 Å². The molecule has 88 valence electrons. The van der Waals surface area contributed by atoms with Crippen molar-refractivity contribution in [2.24, 2.45) is 5.73 Å². The zero-order valence-electron chi connectivity index (χ0n) is 10.0. The van der Waals surface area contributed by atoms with E-state index in [4.69, 9.17) is 5.73 Å². The van der Waals surface area contributed by atoms with Gasteiger partial charge in [-0.25, -0.2) is 0 Å². The fourth-order valence-electron chi connectivity index (χ4n) is 1.75. The quantitative estimate of drug-likeness (QED) is 0.870. The Bertz CT molecular complexity index is 468. The summed E-state index contributed by atoms with van der Waals surface area (Å²) in [5.41, 5.74) is 8.75. The maximum Gasteiger partial charge on any atom is 0.0600 e. The van der Waals surface area contributed by atoms with Crippen LogP contribution in [0.2, 0.25) is 0 Å². The van der Waals surface area contributed by atoms with Crippen LogP contribution in [0.4, 0.5) is 5.69 Å². The zero-order valence-corrected chi connectivity index (χ0v) is 10.0. The molecule has 0 aliphatic carbocycles. The van der Waals surface area contributed by atoms with Crippen molar-refractivity contribution in [3.05, 3.63) is 59.9 Å². The van der Waals surface area contributed by atoms with Gasteiger partial charge in [-0.3, -0.25) is 4.98 Å². The lowest BCUT2D eigenvalue weighted by Gasteiger charge is -2.18. The van der Waals surface area contributed by atoms with Crippen LogP contribution in [-0.4, -0.2) is 12.0 Å². The molecule has 0 spiro atoms. The largest absolute Gasteiger partial charge is 0.369 e. The number of para-hydroxylation sites is 1. The summed E-state index contributed by atoms with van der Waals surface area (Å²) in [4.78, 5) is 6.66. The molecule has 0 fully saturated rings. The molecule has 0 saturated heterocycles. The number of nitrogens with two attached hydrogens (primary N) is 1. The second kappa shape index (κ2) is 5.46. The molecule has 0 aliphatic rings. The van der Waals surface area contributed by atoms with E-state index in [1.165, 1.54) is 5.69 Å². The molecule has 2 N–H and O–H groups in total. The fourth-order valence-corrected chi connectivity index (χ4v) is 1.75. The summed E-state index contributed by atoms with van der Waals surface area (Å²) in [5, 5.41) is 0. The summed E-state index contributed by atoms with van der Waals surface area (Å²) < 4.78 is 0. The first-order valence-corrected chi connectivity index (χ1v) is 5.70. The van der Waals surface area contributed by atoms with Gasteiger partial charge in [0, 0.05) is 19.3 Å². The molecule has 0 saturated carbocycles. The Morgan fingerprint density at radius 1 is 1.00 bits per heavy atom. The van der Waals surface area contributed by atoms with Crippen molar-refractivity contribution in [3.63, 3.8) is 0 Å². The average molecular weight is 227 g/mol.